The van der Waals surface area contributed by atoms with Gasteiger partial charge in [0.05, 0.1) is 6.10 Å². The maximum absolute atomic E-state index is 8.93. The van der Waals surface area contributed by atoms with Gasteiger partial charge in [-0.2, -0.15) is 0 Å². The number of β-amino-alcohol motifs (C(OH)–C–C–N with tert-alkyl or cyclic N) is 1. The van der Waals surface area contributed by atoms with Gasteiger partial charge in [-0.15, -0.1) is 0 Å². The predicted octanol–water partition coefficient (Wildman–Crippen LogP) is -1.45. The van der Waals surface area contributed by atoms with Crippen molar-refractivity contribution in [3.63, 3.8) is 0 Å². The maximum Gasteiger partial charge on any atom is 0.0805 e. The van der Waals surface area contributed by atoms with Crippen LogP contribution in [-0.4, -0.2) is 37.4 Å². The second kappa shape index (κ2) is 3.02. The Morgan fingerprint density at radius 2 is 2.50 bits per heavy atom. The van der Waals surface area contributed by atoms with Gasteiger partial charge in [-0.1, -0.05) is 0 Å². The Balaban J connectivity index is 2.17. The Labute approximate surface area is 49.1 Å². The van der Waals surface area contributed by atoms with Crippen LogP contribution in [0.1, 0.15) is 0 Å². The minimum absolute atomic E-state index is 0.252. The molecule has 1 aliphatic rings. The lowest BCUT2D eigenvalue weighted by atomic mass is 10.4. The van der Waals surface area contributed by atoms with Crippen molar-refractivity contribution in [2.75, 3.05) is 26.2 Å². The standard InChI is InChI=1S/C5H11N2O/c8-5-3-6-1-2-7-4-5/h5-6,8H,1-4H2. The van der Waals surface area contributed by atoms with Crippen LogP contribution in [0.15, 0.2) is 0 Å². The van der Waals surface area contributed by atoms with E-state index in [9.17, 15) is 0 Å². The summed E-state index contributed by atoms with van der Waals surface area (Å²) >= 11 is 0. The lowest BCUT2D eigenvalue weighted by Crippen LogP contribution is -2.26. The van der Waals surface area contributed by atoms with Crippen molar-refractivity contribution in [1.82, 2.24) is 10.6 Å². The summed E-state index contributed by atoms with van der Waals surface area (Å²) in [5.74, 6) is 0. The molecule has 0 amide bonds. The van der Waals surface area contributed by atoms with Gasteiger partial charge in [0.15, 0.2) is 0 Å². The molecule has 0 saturated carbocycles. The fourth-order valence-corrected chi connectivity index (χ4v) is 0.732. The highest BCUT2D eigenvalue weighted by Gasteiger charge is 2.06. The fraction of sp³-hybridized carbons (Fsp3) is 1.00. The van der Waals surface area contributed by atoms with E-state index in [0.717, 1.165) is 13.1 Å². The van der Waals surface area contributed by atoms with E-state index >= 15 is 0 Å². The third-order valence-electron chi connectivity index (χ3n) is 1.17. The second-order valence-corrected chi connectivity index (χ2v) is 1.99. The van der Waals surface area contributed by atoms with Crippen LogP contribution < -0.4 is 10.6 Å². The Kier molecular flexibility index (Phi) is 2.27. The summed E-state index contributed by atoms with van der Waals surface area (Å²) in [6.07, 6.45) is -0.252. The van der Waals surface area contributed by atoms with E-state index in [-0.39, 0.29) is 6.10 Å². The van der Waals surface area contributed by atoms with Crippen molar-refractivity contribution < 1.29 is 5.11 Å². The number of hydrogen-bond donors (Lipinski definition) is 2. The molecule has 2 N–H and O–H groups in total. The number of nitrogens with zero attached hydrogens (tertiary/aromatic N) is 1. The first-order valence-corrected chi connectivity index (χ1v) is 2.91. The van der Waals surface area contributed by atoms with Crippen LogP contribution in [0.25, 0.3) is 0 Å². The van der Waals surface area contributed by atoms with E-state index in [2.05, 4.69) is 10.6 Å². The molecule has 1 rings (SSSR count). The lowest BCUT2D eigenvalue weighted by Gasteiger charge is -2.02. The van der Waals surface area contributed by atoms with Crippen molar-refractivity contribution in [3.05, 3.63) is 0 Å². The summed E-state index contributed by atoms with van der Waals surface area (Å²) < 4.78 is 0. The second-order valence-electron chi connectivity index (χ2n) is 1.99. The van der Waals surface area contributed by atoms with E-state index in [1.165, 1.54) is 0 Å². The van der Waals surface area contributed by atoms with Crippen LogP contribution in [-0.2, 0) is 0 Å². The first-order valence-electron chi connectivity index (χ1n) is 2.91. The molecular weight excluding hydrogens is 104 g/mol. The molecule has 1 aliphatic heterocycles. The third-order valence-corrected chi connectivity index (χ3v) is 1.17. The average molecular weight is 115 g/mol. The lowest BCUT2D eigenvalue weighted by molar-refractivity contribution is 0.178. The molecule has 1 radical (unpaired) electrons. The molecule has 1 atom stereocenters. The monoisotopic (exact) mass is 115 g/mol. The van der Waals surface area contributed by atoms with Crippen LogP contribution in [0.3, 0.4) is 0 Å². The average Bonchev–Trinajstić information content (AvgIpc) is 1.94. The molecule has 3 nitrogen and oxygen atoms in total. The largest absolute Gasteiger partial charge is 0.390 e. The van der Waals surface area contributed by atoms with E-state index < -0.39 is 0 Å². The zero-order valence-corrected chi connectivity index (χ0v) is 4.80. The van der Waals surface area contributed by atoms with Gasteiger partial charge in [0.2, 0.25) is 0 Å². The molecule has 1 heterocycles. The summed E-state index contributed by atoms with van der Waals surface area (Å²) in [5.41, 5.74) is 0. The summed E-state index contributed by atoms with van der Waals surface area (Å²) in [6, 6.07) is 0. The zero-order chi connectivity index (χ0) is 5.82. The van der Waals surface area contributed by atoms with Crippen molar-refractivity contribution in [3.8, 4) is 0 Å². The van der Waals surface area contributed by atoms with Gasteiger partial charge < -0.3 is 10.4 Å². The van der Waals surface area contributed by atoms with Gasteiger partial charge in [-0.05, 0) is 0 Å². The first-order chi connectivity index (χ1) is 3.89. The Hall–Kier alpha value is -0.120. The van der Waals surface area contributed by atoms with E-state index in [1.54, 1.807) is 0 Å². The molecule has 1 fully saturated rings. The Morgan fingerprint density at radius 1 is 1.62 bits per heavy atom. The van der Waals surface area contributed by atoms with Gasteiger partial charge in [0.1, 0.15) is 0 Å². The molecule has 0 aromatic carbocycles. The van der Waals surface area contributed by atoms with Crippen LogP contribution in [0.4, 0.5) is 0 Å². The molecule has 47 valence electrons. The van der Waals surface area contributed by atoms with Crippen LogP contribution >= 0.6 is 0 Å². The summed E-state index contributed by atoms with van der Waals surface area (Å²) in [7, 11) is 0. The van der Waals surface area contributed by atoms with Gasteiger partial charge in [-0.25, -0.2) is 5.32 Å². The molecule has 0 spiro atoms. The highest BCUT2D eigenvalue weighted by atomic mass is 16.3. The predicted molar refractivity (Wildman–Crippen MR) is 30.7 cm³/mol. The topological polar surface area (TPSA) is 46.4 Å². The molecule has 0 aromatic heterocycles. The Morgan fingerprint density at radius 3 is 3.38 bits per heavy atom. The highest BCUT2D eigenvalue weighted by molar-refractivity contribution is 4.67. The van der Waals surface area contributed by atoms with Crippen LogP contribution in [0.2, 0.25) is 0 Å². The quantitative estimate of drug-likeness (QED) is 0.406. The van der Waals surface area contributed by atoms with Crippen molar-refractivity contribution >= 4 is 0 Å². The number of aliphatic hydroxyl groups is 1. The van der Waals surface area contributed by atoms with Gasteiger partial charge in [-0.3, -0.25) is 0 Å². The van der Waals surface area contributed by atoms with Crippen molar-refractivity contribution in [2.45, 2.75) is 6.10 Å². The molecular formula is C5H11N2O. The maximum atomic E-state index is 8.93. The zero-order valence-electron chi connectivity index (χ0n) is 4.80. The normalized spacial score (nSPS) is 25.1. The summed E-state index contributed by atoms with van der Waals surface area (Å²) in [6.45, 7) is 3.06. The van der Waals surface area contributed by atoms with Gasteiger partial charge in [0, 0.05) is 26.2 Å². The first kappa shape index (κ1) is 6.01. The molecule has 3 heteroatoms. The van der Waals surface area contributed by atoms with E-state index in [1.807, 2.05) is 0 Å². The van der Waals surface area contributed by atoms with Gasteiger partial charge in [0.25, 0.3) is 0 Å². The molecule has 0 aromatic rings. The number of rotatable bonds is 0. The number of aliphatic hydroxyl groups excluding tert-OH is 1. The molecule has 8 heavy (non-hydrogen) atoms. The summed E-state index contributed by atoms with van der Waals surface area (Å²) in [5, 5.41) is 16.0. The van der Waals surface area contributed by atoms with Crippen molar-refractivity contribution in [1.29, 1.82) is 0 Å². The molecule has 1 unspecified atom stereocenters. The smallest absolute Gasteiger partial charge is 0.0805 e. The number of nitrogens with one attached hydrogen (secondary N) is 1. The van der Waals surface area contributed by atoms with Crippen LogP contribution in [0.5, 0.6) is 0 Å². The highest BCUT2D eigenvalue weighted by Crippen LogP contribution is 1.81. The summed E-state index contributed by atoms with van der Waals surface area (Å²) in [4.78, 5) is 0. The minimum Gasteiger partial charge on any atom is -0.390 e. The third kappa shape index (κ3) is 1.78. The van der Waals surface area contributed by atoms with Gasteiger partial charge >= 0.3 is 0 Å². The van der Waals surface area contributed by atoms with E-state index in [4.69, 9.17) is 5.11 Å². The van der Waals surface area contributed by atoms with E-state index in [0.29, 0.717) is 13.1 Å². The number of hydrogen-bond acceptors (Lipinski definition) is 2. The SMILES string of the molecule is OC1C[N]CCNC1. The van der Waals surface area contributed by atoms with Crippen molar-refractivity contribution in [2.24, 2.45) is 0 Å². The van der Waals surface area contributed by atoms with Crippen LogP contribution in [0, 0.1) is 0 Å². The molecule has 1 saturated heterocycles. The molecule has 0 aliphatic carbocycles. The Bertz CT molecular complexity index is 59.4. The molecule has 0 bridgehead atoms. The fourth-order valence-electron chi connectivity index (χ4n) is 0.732. The minimum atomic E-state index is -0.252.